The van der Waals surface area contributed by atoms with Gasteiger partial charge in [0.2, 0.25) is 0 Å². The highest BCUT2D eigenvalue weighted by Gasteiger charge is 2.12. The average molecular weight is 295 g/mol. The Balaban J connectivity index is 1.58. The number of rotatable bonds is 4. The summed E-state index contributed by atoms with van der Waals surface area (Å²) in [7, 11) is 0. The Kier molecular flexibility index (Phi) is 4.14. The zero-order chi connectivity index (χ0) is 15.5. The van der Waals surface area contributed by atoms with Crippen molar-refractivity contribution in [2.75, 3.05) is 11.9 Å². The number of benzene rings is 2. The molecule has 0 aliphatic heterocycles. The van der Waals surface area contributed by atoms with Gasteiger partial charge >= 0.3 is 0 Å². The van der Waals surface area contributed by atoms with Gasteiger partial charge in [-0.2, -0.15) is 0 Å². The lowest BCUT2D eigenvalue weighted by Crippen LogP contribution is -2.20. The van der Waals surface area contributed by atoms with Crippen LogP contribution >= 0.6 is 0 Å². The molecule has 0 aromatic heterocycles. The molecule has 0 bridgehead atoms. The maximum atomic E-state index is 12.0. The lowest BCUT2D eigenvalue weighted by Gasteiger charge is -2.11. The number of aryl methyl sites for hydroxylation is 4. The van der Waals surface area contributed by atoms with E-state index < -0.39 is 0 Å². The largest absolute Gasteiger partial charge is 0.484 e. The van der Waals surface area contributed by atoms with Gasteiger partial charge in [-0.15, -0.1) is 0 Å². The van der Waals surface area contributed by atoms with Gasteiger partial charge in [0.15, 0.2) is 6.61 Å². The first-order valence-electron chi connectivity index (χ1n) is 7.73. The summed E-state index contributed by atoms with van der Waals surface area (Å²) in [5.74, 6) is 0.642. The number of carbonyl (C=O) groups excluding carboxylic acids is 1. The molecule has 3 nitrogen and oxygen atoms in total. The van der Waals surface area contributed by atoms with Crippen LogP contribution in [0.25, 0.3) is 0 Å². The highest BCUT2D eigenvalue weighted by Crippen LogP contribution is 2.26. The predicted octanol–water partition coefficient (Wildman–Crippen LogP) is 3.81. The van der Waals surface area contributed by atoms with Crippen molar-refractivity contribution in [1.82, 2.24) is 0 Å². The Labute approximate surface area is 131 Å². The third kappa shape index (κ3) is 3.30. The summed E-state index contributed by atoms with van der Waals surface area (Å²) in [5.41, 5.74) is 5.85. The van der Waals surface area contributed by atoms with Crippen LogP contribution in [0.4, 0.5) is 5.69 Å². The molecular weight excluding hydrogens is 274 g/mol. The van der Waals surface area contributed by atoms with Gasteiger partial charge in [-0.1, -0.05) is 23.8 Å². The Bertz CT molecular complexity index is 707. The van der Waals surface area contributed by atoms with E-state index in [1.807, 2.05) is 32.0 Å². The maximum absolute atomic E-state index is 12.0. The minimum absolute atomic E-state index is 0.0338. The van der Waals surface area contributed by atoms with Gasteiger partial charge in [0.05, 0.1) is 0 Å². The number of ether oxygens (including phenoxy) is 1. The SMILES string of the molecule is Cc1ccc(NC(=O)COc2ccc3c(c2)CCC3)c(C)c1. The molecule has 0 atom stereocenters. The van der Waals surface area contributed by atoms with Crippen LogP contribution in [0.15, 0.2) is 36.4 Å². The smallest absolute Gasteiger partial charge is 0.262 e. The predicted molar refractivity (Wildman–Crippen MR) is 88.5 cm³/mol. The number of fused-ring (bicyclic) bond motifs is 1. The fraction of sp³-hybridized carbons (Fsp3) is 0.316. The van der Waals surface area contributed by atoms with Gasteiger partial charge in [0.25, 0.3) is 5.91 Å². The standard InChI is InChI=1S/C19H21NO2/c1-13-6-9-18(14(2)10-13)20-19(21)12-22-17-8-7-15-4-3-5-16(15)11-17/h6-11H,3-5,12H2,1-2H3,(H,20,21). The summed E-state index contributed by atoms with van der Waals surface area (Å²) in [6.07, 6.45) is 3.48. The molecule has 0 heterocycles. The Hall–Kier alpha value is -2.29. The molecule has 0 fully saturated rings. The van der Waals surface area contributed by atoms with E-state index in [-0.39, 0.29) is 12.5 Å². The molecule has 114 valence electrons. The Morgan fingerprint density at radius 2 is 1.91 bits per heavy atom. The monoisotopic (exact) mass is 295 g/mol. The number of anilines is 1. The Morgan fingerprint density at radius 1 is 1.09 bits per heavy atom. The van der Waals surface area contributed by atoms with Crippen molar-refractivity contribution in [3.05, 3.63) is 58.7 Å². The summed E-state index contributed by atoms with van der Waals surface area (Å²) < 4.78 is 5.62. The van der Waals surface area contributed by atoms with Gasteiger partial charge in [-0.3, -0.25) is 4.79 Å². The van der Waals surface area contributed by atoms with Gasteiger partial charge in [-0.25, -0.2) is 0 Å². The average Bonchev–Trinajstić information content (AvgIpc) is 2.95. The summed E-state index contributed by atoms with van der Waals surface area (Å²) in [5, 5.41) is 2.90. The molecule has 1 amide bonds. The van der Waals surface area contributed by atoms with Crippen LogP contribution in [0, 0.1) is 13.8 Å². The van der Waals surface area contributed by atoms with Crippen LogP contribution in [-0.2, 0) is 17.6 Å². The van der Waals surface area contributed by atoms with E-state index in [1.165, 1.54) is 23.1 Å². The first kappa shape index (κ1) is 14.6. The zero-order valence-corrected chi connectivity index (χ0v) is 13.1. The van der Waals surface area contributed by atoms with Crippen LogP contribution in [0.5, 0.6) is 5.75 Å². The van der Waals surface area contributed by atoms with Gasteiger partial charge < -0.3 is 10.1 Å². The molecule has 0 spiro atoms. The second kappa shape index (κ2) is 6.22. The second-order valence-electron chi connectivity index (χ2n) is 5.94. The first-order valence-corrected chi connectivity index (χ1v) is 7.73. The normalized spacial score (nSPS) is 12.8. The third-order valence-corrected chi connectivity index (χ3v) is 4.10. The topological polar surface area (TPSA) is 38.3 Å². The van der Waals surface area contributed by atoms with Gasteiger partial charge in [0.1, 0.15) is 5.75 Å². The van der Waals surface area contributed by atoms with E-state index in [0.717, 1.165) is 29.8 Å². The molecule has 2 aromatic rings. The van der Waals surface area contributed by atoms with Crippen molar-refractivity contribution >= 4 is 11.6 Å². The number of hydrogen-bond acceptors (Lipinski definition) is 2. The van der Waals surface area contributed by atoms with Crippen molar-refractivity contribution < 1.29 is 9.53 Å². The molecule has 2 aromatic carbocycles. The molecule has 22 heavy (non-hydrogen) atoms. The van der Waals surface area contributed by atoms with Crippen molar-refractivity contribution in [2.24, 2.45) is 0 Å². The van der Waals surface area contributed by atoms with Crippen molar-refractivity contribution in [3.8, 4) is 5.75 Å². The Morgan fingerprint density at radius 3 is 2.73 bits per heavy atom. The van der Waals surface area contributed by atoms with E-state index in [2.05, 4.69) is 23.5 Å². The molecule has 0 radical (unpaired) electrons. The summed E-state index contributed by atoms with van der Waals surface area (Å²) in [6.45, 7) is 4.06. The third-order valence-electron chi connectivity index (χ3n) is 4.10. The summed E-state index contributed by atoms with van der Waals surface area (Å²) in [4.78, 5) is 12.0. The minimum atomic E-state index is -0.132. The number of carbonyl (C=O) groups is 1. The minimum Gasteiger partial charge on any atom is -0.484 e. The number of nitrogens with one attached hydrogen (secondary N) is 1. The molecule has 3 heteroatoms. The molecule has 1 N–H and O–H groups in total. The van der Waals surface area contributed by atoms with Gasteiger partial charge in [0, 0.05) is 5.69 Å². The molecule has 0 saturated heterocycles. The molecular formula is C19H21NO2. The second-order valence-corrected chi connectivity index (χ2v) is 5.94. The maximum Gasteiger partial charge on any atom is 0.262 e. The molecule has 1 aliphatic rings. The van der Waals surface area contributed by atoms with Crippen molar-refractivity contribution in [3.63, 3.8) is 0 Å². The molecule has 1 aliphatic carbocycles. The van der Waals surface area contributed by atoms with Crippen LogP contribution in [-0.4, -0.2) is 12.5 Å². The van der Waals surface area contributed by atoms with E-state index >= 15 is 0 Å². The van der Waals surface area contributed by atoms with Crippen LogP contribution in [0.3, 0.4) is 0 Å². The van der Waals surface area contributed by atoms with E-state index in [1.54, 1.807) is 0 Å². The number of amides is 1. The van der Waals surface area contributed by atoms with Crippen molar-refractivity contribution in [2.45, 2.75) is 33.1 Å². The molecule has 0 unspecified atom stereocenters. The molecule has 3 rings (SSSR count). The highest BCUT2D eigenvalue weighted by molar-refractivity contribution is 5.92. The number of hydrogen-bond donors (Lipinski definition) is 1. The van der Waals surface area contributed by atoms with Crippen LogP contribution in [0.2, 0.25) is 0 Å². The van der Waals surface area contributed by atoms with E-state index in [9.17, 15) is 4.79 Å². The lowest BCUT2D eigenvalue weighted by atomic mass is 10.1. The van der Waals surface area contributed by atoms with Crippen LogP contribution in [0.1, 0.15) is 28.7 Å². The fourth-order valence-electron chi connectivity index (χ4n) is 2.93. The molecule has 0 saturated carbocycles. The van der Waals surface area contributed by atoms with E-state index in [4.69, 9.17) is 4.74 Å². The first-order chi connectivity index (χ1) is 10.6. The van der Waals surface area contributed by atoms with E-state index in [0.29, 0.717) is 0 Å². The lowest BCUT2D eigenvalue weighted by molar-refractivity contribution is -0.118. The summed E-state index contributed by atoms with van der Waals surface area (Å²) in [6, 6.07) is 12.1. The highest BCUT2D eigenvalue weighted by atomic mass is 16.5. The summed E-state index contributed by atoms with van der Waals surface area (Å²) >= 11 is 0. The van der Waals surface area contributed by atoms with Crippen molar-refractivity contribution in [1.29, 1.82) is 0 Å². The zero-order valence-electron chi connectivity index (χ0n) is 13.1. The van der Waals surface area contributed by atoms with Gasteiger partial charge in [-0.05, 0) is 68.0 Å². The quantitative estimate of drug-likeness (QED) is 0.931. The van der Waals surface area contributed by atoms with Crippen LogP contribution < -0.4 is 10.1 Å². The fourth-order valence-corrected chi connectivity index (χ4v) is 2.93.